The molecule has 6 aliphatic rings. The predicted octanol–water partition coefficient (Wildman–Crippen LogP) is 23.7. The molecule has 8 heteroatoms. The molecule has 0 radical (unpaired) electrons. The normalized spacial score (nSPS) is 17.0. The number of hydrogen-bond donors (Lipinski definition) is 0. The van der Waals surface area contributed by atoms with E-state index in [1.807, 2.05) is 11.8 Å². The van der Waals surface area contributed by atoms with E-state index in [1.54, 1.807) is 0 Å². The Morgan fingerprint density at radius 1 is 0.448 bits per heavy atom. The molecule has 528 valence electrons. The molecule has 5 nitrogen and oxygen atoms in total. The summed E-state index contributed by atoms with van der Waals surface area (Å²) in [6.45, 7) is 39.2. The van der Waals surface area contributed by atoms with Crippen molar-refractivity contribution in [3.8, 4) is 16.9 Å². The van der Waals surface area contributed by atoms with Gasteiger partial charge in [-0.25, -0.2) is 0 Å². The summed E-state index contributed by atoms with van der Waals surface area (Å²) in [6.07, 6.45) is 13.4. The Morgan fingerprint density at radius 2 is 0.981 bits per heavy atom. The van der Waals surface area contributed by atoms with E-state index in [0.717, 1.165) is 52.1 Å². The Morgan fingerprint density at radius 3 is 1.51 bits per heavy atom. The number of benzene rings is 10. The quantitative estimate of drug-likeness (QED) is 0.0893. The summed E-state index contributed by atoms with van der Waals surface area (Å²) >= 11 is 1.98. The van der Waals surface area contributed by atoms with Crippen molar-refractivity contribution in [2.75, 3.05) is 19.6 Å². The lowest BCUT2D eigenvalue weighted by Gasteiger charge is -2.51. The highest BCUT2D eigenvalue weighted by Crippen LogP contribution is 2.54. The fourth-order valence-corrected chi connectivity index (χ4v) is 18.6. The second-order valence-corrected chi connectivity index (χ2v) is 34.9. The standard InChI is InChI=1S/C97H102B2N4OS/c1-58(2)65-24-38-74(39-25-65)100(75-40-26-66(27-41-75)59(3)4)79-52-89-95-92(54-79)104-91-49-35-72(64(13)14)51-84(91)98(95)83-56-85-93(57-88(83)103(89)86-21-19-18-20-81(86)70-22-36-73(37-23-70)97(15,16)17)105-94-55-80(101(76-42-28-67(29-43-76)60(5)6)77-44-30-68(31-45-77)61(7)8)53-90-96(94)99(85)82-50-71(63(11)12)34-48-87(82)102(90)78-46-32-69(33-47-78)62(9)10/h18-46,48-64,78,89,95H,47H2,1-17H3. The smallest absolute Gasteiger partial charge is 0.249 e. The van der Waals surface area contributed by atoms with Crippen molar-refractivity contribution < 1.29 is 4.74 Å². The van der Waals surface area contributed by atoms with E-state index >= 15 is 0 Å². The molecule has 0 fully saturated rings. The molecule has 0 saturated carbocycles. The summed E-state index contributed by atoms with van der Waals surface area (Å²) in [7, 11) is 0. The first-order valence-corrected chi connectivity index (χ1v) is 39.9. The van der Waals surface area contributed by atoms with Crippen LogP contribution in [0, 0.1) is 5.92 Å². The van der Waals surface area contributed by atoms with Gasteiger partial charge in [0.15, 0.2) is 0 Å². The number of para-hydroxylation sites is 1. The van der Waals surface area contributed by atoms with Crippen LogP contribution in [0.1, 0.15) is 199 Å². The molecule has 4 aliphatic heterocycles. The summed E-state index contributed by atoms with van der Waals surface area (Å²) < 4.78 is 7.69. The van der Waals surface area contributed by atoms with Crippen LogP contribution < -0.4 is 51.7 Å². The van der Waals surface area contributed by atoms with Crippen molar-refractivity contribution in [1.29, 1.82) is 0 Å². The average Bonchev–Trinajstić information content (AvgIpc) is 0.692. The molecule has 0 saturated heterocycles. The Kier molecular flexibility index (Phi) is 18.3. The molecule has 10 aromatic carbocycles. The number of allylic oxidation sites excluding steroid dienone is 3. The monoisotopic (exact) mass is 1390 g/mol. The maximum atomic E-state index is 7.69. The number of ether oxygens (including phenoxy) is 1. The van der Waals surface area contributed by atoms with Crippen molar-refractivity contribution in [3.63, 3.8) is 0 Å². The number of anilines is 9. The molecule has 3 atom stereocenters. The van der Waals surface area contributed by atoms with Crippen LogP contribution in [0.5, 0.6) is 5.75 Å². The van der Waals surface area contributed by atoms with Gasteiger partial charge in [0.05, 0.1) is 12.1 Å². The second kappa shape index (κ2) is 27.5. The minimum atomic E-state index is -0.211. The van der Waals surface area contributed by atoms with E-state index < -0.39 is 0 Å². The van der Waals surface area contributed by atoms with Gasteiger partial charge in [-0.2, -0.15) is 0 Å². The van der Waals surface area contributed by atoms with Gasteiger partial charge in [0.1, 0.15) is 11.5 Å². The number of hydrogen-bond acceptors (Lipinski definition) is 6. The van der Waals surface area contributed by atoms with E-state index in [9.17, 15) is 0 Å². The second-order valence-electron chi connectivity index (χ2n) is 33.8. The van der Waals surface area contributed by atoms with Crippen LogP contribution in [-0.2, 0) is 5.41 Å². The van der Waals surface area contributed by atoms with Gasteiger partial charge in [-0.3, -0.25) is 0 Å². The molecule has 105 heavy (non-hydrogen) atoms. The Bertz CT molecular complexity index is 5000. The highest BCUT2D eigenvalue weighted by atomic mass is 32.2. The van der Waals surface area contributed by atoms with Gasteiger partial charge in [-0.15, -0.1) is 0 Å². The highest BCUT2D eigenvalue weighted by Gasteiger charge is 2.54. The zero-order valence-electron chi connectivity index (χ0n) is 64.8. The fourth-order valence-electron chi connectivity index (χ4n) is 17.4. The van der Waals surface area contributed by atoms with Crippen molar-refractivity contribution in [3.05, 3.63) is 293 Å². The van der Waals surface area contributed by atoms with Crippen molar-refractivity contribution in [2.45, 2.75) is 193 Å². The van der Waals surface area contributed by atoms with E-state index in [1.165, 1.54) is 115 Å². The van der Waals surface area contributed by atoms with Gasteiger partial charge in [0.25, 0.3) is 0 Å². The van der Waals surface area contributed by atoms with E-state index in [4.69, 9.17) is 4.74 Å². The number of rotatable bonds is 16. The van der Waals surface area contributed by atoms with E-state index in [0.29, 0.717) is 41.4 Å². The summed E-state index contributed by atoms with van der Waals surface area (Å²) in [6, 6.07) is 81.1. The summed E-state index contributed by atoms with van der Waals surface area (Å²) in [5, 5.41) is 0. The first-order chi connectivity index (χ1) is 50.5. The molecule has 0 aromatic heterocycles. The van der Waals surface area contributed by atoms with Crippen molar-refractivity contribution >= 4 is 104 Å². The summed E-state index contributed by atoms with van der Waals surface area (Å²) in [5.41, 5.74) is 31.5. The molecule has 10 aromatic rings. The lowest BCUT2D eigenvalue weighted by molar-refractivity contribution is 0.385. The van der Waals surface area contributed by atoms with Gasteiger partial charge in [-0.05, 0) is 217 Å². The van der Waals surface area contributed by atoms with Gasteiger partial charge in [-0.1, -0.05) is 280 Å². The molecular formula is C97H102B2N4OS. The minimum absolute atomic E-state index is 0.00366. The largest absolute Gasteiger partial charge is 0.463 e. The maximum Gasteiger partial charge on any atom is 0.249 e. The first-order valence-electron chi connectivity index (χ1n) is 39.1. The first kappa shape index (κ1) is 70.0. The van der Waals surface area contributed by atoms with Crippen molar-refractivity contribution in [1.82, 2.24) is 0 Å². The highest BCUT2D eigenvalue weighted by molar-refractivity contribution is 8.00. The fraction of sp³-hybridized carbons (Fsp3) is 0.299. The third-order valence-electron chi connectivity index (χ3n) is 23.6. The van der Waals surface area contributed by atoms with Gasteiger partial charge < -0.3 is 24.3 Å². The average molecular weight is 1390 g/mol. The van der Waals surface area contributed by atoms with E-state index in [2.05, 4.69) is 374 Å². The third kappa shape index (κ3) is 12.6. The Balaban J connectivity index is 0.984. The van der Waals surface area contributed by atoms with Gasteiger partial charge in [0.2, 0.25) is 13.4 Å². The molecule has 16 rings (SSSR count). The molecule has 0 spiro atoms. The molecule has 4 heterocycles. The van der Waals surface area contributed by atoms with Crippen LogP contribution in [0.2, 0.25) is 5.82 Å². The van der Waals surface area contributed by atoms with Crippen LogP contribution in [0.4, 0.5) is 51.2 Å². The number of nitrogens with zero attached hydrogens (tertiary/aromatic N) is 4. The summed E-state index contributed by atoms with van der Waals surface area (Å²) in [4.78, 5) is 13.1. The van der Waals surface area contributed by atoms with Crippen LogP contribution in [0.15, 0.2) is 263 Å². The van der Waals surface area contributed by atoms with Gasteiger partial charge >= 0.3 is 0 Å². The Labute approximate surface area is 632 Å². The summed E-state index contributed by atoms with van der Waals surface area (Å²) in [5.74, 6) is 4.48. The lowest BCUT2D eigenvalue weighted by Crippen LogP contribution is -2.65. The Hall–Kier alpha value is -9.36. The van der Waals surface area contributed by atoms with Crippen LogP contribution in [0.3, 0.4) is 0 Å². The zero-order valence-corrected chi connectivity index (χ0v) is 65.6. The van der Waals surface area contributed by atoms with Crippen LogP contribution in [-0.4, -0.2) is 25.5 Å². The minimum Gasteiger partial charge on any atom is -0.463 e. The molecule has 2 aliphatic carbocycles. The topological polar surface area (TPSA) is 22.2 Å². The molecule has 0 bridgehead atoms. The van der Waals surface area contributed by atoms with Crippen LogP contribution >= 0.6 is 11.8 Å². The molecular weight excluding hydrogens is 1290 g/mol. The molecule has 3 unspecified atom stereocenters. The SMILES string of the molecule is CC(C)C1=CCC(N2c3ccc(C(C)C)cc3B3c4cc5c(cc4Sc4cc(N(c6ccc(C(C)C)cc6)c6ccc(C(C)C)cc6)cc2c43)N(c2ccccc2-c2ccc(C(C)(C)C)cc2)C2C=C(N(c3ccc(C(C)C)cc3)c3ccc(C(C)C)cc3)C=C3Oc4ccc(C(C)C)cc4B5C32)C=C1. The number of fused-ring (bicyclic) bond motifs is 8. The third-order valence-corrected chi connectivity index (χ3v) is 24.7. The van der Waals surface area contributed by atoms with Gasteiger partial charge in [0, 0.05) is 78.1 Å². The zero-order chi connectivity index (χ0) is 73.2. The van der Waals surface area contributed by atoms with Crippen LogP contribution in [0.25, 0.3) is 11.1 Å². The van der Waals surface area contributed by atoms with E-state index in [-0.39, 0.29) is 36.7 Å². The predicted molar refractivity (Wildman–Crippen MR) is 453 cm³/mol. The maximum absolute atomic E-state index is 7.69. The lowest BCUT2D eigenvalue weighted by atomic mass is 9.28. The van der Waals surface area contributed by atoms with Crippen molar-refractivity contribution in [2.24, 2.45) is 5.92 Å². The molecule has 0 amide bonds. The molecule has 0 N–H and O–H groups in total.